The van der Waals surface area contributed by atoms with Gasteiger partial charge in [-0.05, 0) is 36.8 Å². The molecule has 1 aromatic rings. The smallest absolute Gasteiger partial charge is 0.338 e. The topological polar surface area (TPSA) is 46.3 Å². The van der Waals surface area contributed by atoms with Crippen LogP contribution in [0.25, 0.3) is 0 Å². The first-order valence-corrected chi connectivity index (χ1v) is 8.39. The number of halogens is 3. The summed E-state index contributed by atoms with van der Waals surface area (Å²) in [5.74, 6) is 0.159. The molecule has 1 aliphatic heterocycles. The standard InChI is InChI=1S/C18H25F3N2O/c1-12-6-7-23(16(8-12)11-22)17(24)13(2)9-14-4-3-5-15(10-14)18(19,20)21/h3-5,10,12-13,16H,6-9,11,22H2,1-2H3. The Morgan fingerprint density at radius 2 is 2.12 bits per heavy atom. The highest BCUT2D eigenvalue weighted by Gasteiger charge is 2.32. The summed E-state index contributed by atoms with van der Waals surface area (Å²) in [6, 6.07) is 5.23. The number of carbonyl (C=O) groups excluding carboxylic acids is 1. The van der Waals surface area contributed by atoms with E-state index in [1.54, 1.807) is 13.0 Å². The number of nitrogens with two attached hydrogens (primary N) is 1. The van der Waals surface area contributed by atoms with Crippen molar-refractivity contribution in [1.82, 2.24) is 4.90 Å². The van der Waals surface area contributed by atoms with Gasteiger partial charge in [0.2, 0.25) is 5.91 Å². The molecule has 3 unspecified atom stereocenters. The van der Waals surface area contributed by atoms with Crippen LogP contribution in [0.5, 0.6) is 0 Å². The molecule has 1 heterocycles. The van der Waals surface area contributed by atoms with Gasteiger partial charge in [0.25, 0.3) is 0 Å². The summed E-state index contributed by atoms with van der Waals surface area (Å²) >= 11 is 0. The lowest BCUT2D eigenvalue weighted by Crippen LogP contribution is -2.51. The van der Waals surface area contributed by atoms with Crippen molar-refractivity contribution in [3.63, 3.8) is 0 Å². The predicted molar refractivity (Wildman–Crippen MR) is 87.3 cm³/mol. The highest BCUT2D eigenvalue weighted by Crippen LogP contribution is 2.30. The maximum Gasteiger partial charge on any atom is 0.416 e. The highest BCUT2D eigenvalue weighted by atomic mass is 19.4. The maximum absolute atomic E-state index is 12.8. The lowest BCUT2D eigenvalue weighted by molar-refractivity contribution is -0.139. The summed E-state index contributed by atoms with van der Waals surface area (Å²) in [6.07, 6.45) is -2.24. The molecule has 0 radical (unpaired) electrons. The van der Waals surface area contributed by atoms with Gasteiger partial charge in [-0.1, -0.05) is 32.0 Å². The van der Waals surface area contributed by atoms with Gasteiger partial charge in [0.05, 0.1) is 5.56 Å². The lowest BCUT2D eigenvalue weighted by atomic mass is 9.90. The molecule has 24 heavy (non-hydrogen) atoms. The third-order valence-electron chi connectivity index (χ3n) is 4.75. The minimum absolute atomic E-state index is 0.0187. The molecule has 2 rings (SSSR count). The maximum atomic E-state index is 12.8. The molecule has 1 saturated heterocycles. The van der Waals surface area contributed by atoms with Crippen LogP contribution in [-0.4, -0.2) is 29.9 Å². The summed E-state index contributed by atoms with van der Waals surface area (Å²) in [7, 11) is 0. The quantitative estimate of drug-likeness (QED) is 0.911. The van der Waals surface area contributed by atoms with Crippen LogP contribution in [0.1, 0.15) is 37.8 Å². The number of nitrogens with zero attached hydrogens (tertiary/aromatic N) is 1. The second-order valence-electron chi connectivity index (χ2n) is 6.85. The first kappa shape index (κ1) is 18.8. The van der Waals surface area contributed by atoms with Crippen LogP contribution in [0, 0.1) is 11.8 Å². The Kier molecular flexibility index (Phi) is 5.91. The molecule has 1 amide bonds. The van der Waals surface area contributed by atoms with Crippen molar-refractivity contribution in [1.29, 1.82) is 0 Å². The number of benzene rings is 1. The van der Waals surface area contributed by atoms with Crippen LogP contribution < -0.4 is 5.73 Å². The van der Waals surface area contributed by atoms with E-state index in [2.05, 4.69) is 6.92 Å². The van der Waals surface area contributed by atoms with Gasteiger partial charge in [-0.25, -0.2) is 0 Å². The first-order chi connectivity index (χ1) is 11.2. The lowest BCUT2D eigenvalue weighted by Gasteiger charge is -2.39. The summed E-state index contributed by atoms with van der Waals surface area (Å²) < 4.78 is 38.4. The SMILES string of the molecule is CC1CCN(C(=O)C(C)Cc2cccc(C(F)(F)F)c2)C(CN)C1. The normalized spacial score (nSPS) is 23.2. The van der Waals surface area contributed by atoms with E-state index in [-0.39, 0.29) is 17.9 Å². The zero-order chi connectivity index (χ0) is 17.9. The molecule has 0 aromatic heterocycles. The van der Waals surface area contributed by atoms with Gasteiger partial charge < -0.3 is 10.6 Å². The average Bonchev–Trinajstić information content (AvgIpc) is 2.53. The fourth-order valence-electron chi connectivity index (χ4n) is 3.36. The van der Waals surface area contributed by atoms with E-state index >= 15 is 0 Å². The Bertz CT molecular complexity index is 574. The number of rotatable bonds is 4. The fraction of sp³-hybridized carbons (Fsp3) is 0.611. The Balaban J connectivity index is 2.06. The molecule has 134 valence electrons. The molecule has 0 aliphatic carbocycles. The molecule has 0 spiro atoms. The van der Waals surface area contributed by atoms with Gasteiger partial charge in [0, 0.05) is 25.0 Å². The largest absolute Gasteiger partial charge is 0.416 e. The van der Waals surface area contributed by atoms with E-state index < -0.39 is 11.7 Å². The van der Waals surface area contributed by atoms with Crippen LogP contribution in [0.2, 0.25) is 0 Å². The van der Waals surface area contributed by atoms with Crippen LogP contribution in [-0.2, 0) is 17.4 Å². The van der Waals surface area contributed by atoms with Gasteiger partial charge in [-0.2, -0.15) is 13.2 Å². The summed E-state index contributed by atoms with van der Waals surface area (Å²) in [5, 5.41) is 0. The molecular formula is C18H25F3N2O. The van der Waals surface area contributed by atoms with Crippen LogP contribution >= 0.6 is 0 Å². The minimum atomic E-state index is -4.36. The Hall–Kier alpha value is -1.56. The summed E-state index contributed by atoms with van der Waals surface area (Å²) in [5.41, 5.74) is 5.65. The molecule has 1 aromatic carbocycles. The van der Waals surface area contributed by atoms with Gasteiger partial charge in [0.15, 0.2) is 0 Å². The first-order valence-electron chi connectivity index (χ1n) is 8.39. The molecule has 1 aliphatic rings. The zero-order valence-corrected chi connectivity index (χ0v) is 14.1. The van der Waals surface area contributed by atoms with E-state index in [0.29, 0.717) is 31.0 Å². The van der Waals surface area contributed by atoms with Crippen molar-refractivity contribution in [2.75, 3.05) is 13.1 Å². The van der Waals surface area contributed by atoms with Crippen LogP contribution in [0.15, 0.2) is 24.3 Å². The molecule has 2 N–H and O–H groups in total. The van der Waals surface area contributed by atoms with Crippen molar-refractivity contribution in [2.24, 2.45) is 17.6 Å². The van der Waals surface area contributed by atoms with Gasteiger partial charge in [0.1, 0.15) is 0 Å². The third-order valence-corrected chi connectivity index (χ3v) is 4.75. The van der Waals surface area contributed by atoms with Gasteiger partial charge in [-0.15, -0.1) is 0 Å². The number of carbonyl (C=O) groups is 1. The Morgan fingerprint density at radius 3 is 2.75 bits per heavy atom. The predicted octanol–water partition coefficient (Wildman–Crippen LogP) is 3.47. The molecule has 1 fully saturated rings. The minimum Gasteiger partial charge on any atom is -0.338 e. The van der Waals surface area contributed by atoms with E-state index in [1.807, 2.05) is 4.90 Å². The van der Waals surface area contributed by atoms with Gasteiger partial charge >= 0.3 is 6.18 Å². The third kappa shape index (κ3) is 4.50. The average molecular weight is 342 g/mol. The van der Waals surface area contributed by atoms with Crippen LogP contribution in [0.3, 0.4) is 0 Å². The second kappa shape index (κ2) is 7.55. The number of likely N-dealkylation sites (tertiary alicyclic amines) is 1. The van der Waals surface area contributed by atoms with Crippen molar-refractivity contribution < 1.29 is 18.0 Å². The molecule has 6 heteroatoms. The number of amides is 1. The summed E-state index contributed by atoms with van der Waals surface area (Å²) in [6.45, 7) is 5.02. The molecular weight excluding hydrogens is 317 g/mol. The van der Waals surface area contributed by atoms with E-state index in [1.165, 1.54) is 6.07 Å². The van der Waals surface area contributed by atoms with Crippen molar-refractivity contribution in [3.8, 4) is 0 Å². The van der Waals surface area contributed by atoms with Crippen LogP contribution in [0.4, 0.5) is 13.2 Å². The van der Waals surface area contributed by atoms with Crippen molar-refractivity contribution >= 4 is 5.91 Å². The molecule has 0 bridgehead atoms. The molecule has 3 atom stereocenters. The van der Waals surface area contributed by atoms with E-state index in [9.17, 15) is 18.0 Å². The second-order valence-corrected chi connectivity index (χ2v) is 6.85. The number of hydrogen-bond donors (Lipinski definition) is 1. The number of piperidine rings is 1. The molecule has 0 saturated carbocycles. The fourth-order valence-corrected chi connectivity index (χ4v) is 3.36. The van der Waals surface area contributed by atoms with E-state index in [0.717, 1.165) is 25.0 Å². The highest BCUT2D eigenvalue weighted by molar-refractivity contribution is 5.79. The Labute approximate surface area is 141 Å². The van der Waals surface area contributed by atoms with Gasteiger partial charge in [-0.3, -0.25) is 4.79 Å². The molecule has 3 nitrogen and oxygen atoms in total. The Morgan fingerprint density at radius 1 is 1.42 bits per heavy atom. The zero-order valence-electron chi connectivity index (χ0n) is 14.1. The monoisotopic (exact) mass is 342 g/mol. The summed E-state index contributed by atoms with van der Waals surface area (Å²) in [4.78, 5) is 14.5. The number of alkyl halides is 3. The van der Waals surface area contributed by atoms with E-state index in [4.69, 9.17) is 5.73 Å². The number of hydrogen-bond acceptors (Lipinski definition) is 2. The van der Waals surface area contributed by atoms with Crippen molar-refractivity contribution in [2.45, 2.75) is 45.3 Å². The van der Waals surface area contributed by atoms with Crippen molar-refractivity contribution in [3.05, 3.63) is 35.4 Å².